The first kappa shape index (κ1) is 21.2. The van der Waals surface area contributed by atoms with Gasteiger partial charge in [0.2, 0.25) is 11.8 Å². The van der Waals surface area contributed by atoms with Gasteiger partial charge in [-0.25, -0.2) is 4.98 Å². The summed E-state index contributed by atoms with van der Waals surface area (Å²) in [6.07, 6.45) is 0.568. The molecule has 11 heteroatoms. The minimum absolute atomic E-state index is 0.0106. The van der Waals surface area contributed by atoms with E-state index in [0.29, 0.717) is 54.7 Å². The van der Waals surface area contributed by atoms with E-state index in [4.69, 9.17) is 16.3 Å². The van der Waals surface area contributed by atoms with Crippen LogP contribution in [0.2, 0.25) is 5.02 Å². The molecule has 2 fully saturated rings. The van der Waals surface area contributed by atoms with Gasteiger partial charge >= 0.3 is 6.18 Å². The average molecular weight is 467 g/mol. The molecule has 3 aromatic rings. The number of rotatable bonds is 6. The molecule has 0 aromatic carbocycles. The Morgan fingerprint density at radius 2 is 2.00 bits per heavy atom. The molecule has 1 aliphatic heterocycles. The first-order valence-electron chi connectivity index (χ1n) is 10.7. The Kier molecular flexibility index (Phi) is 5.35. The van der Waals surface area contributed by atoms with Gasteiger partial charge in [-0.15, -0.1) is 10.2 Å². The smallest absolute Gasteiger partial charge is 0.420 e. The van der Waals surface area contributed by atoms with Gasteiger partial charge in [-0.05, 0) is 44.2 Å². The molecule has 0 unspecified atom stereocenters. The van der Waals surface area contributed by atoms with E-state index < -0.39 is 11.7 Å². The maximum absolute atomic E-state index is 13.6. The first-order valence-corrected chi connectivity index (χ1v) is 11.1. The van der Waals surface area contributed by atoms with Crippen LogP contribution in [0.25, 0.3) is 5.65 Å². The second-order valence-electron chi connectivity index (χ2n) is 8.28. The Hall–Kier alpha value is -2.62. The summed E-state index contributed by atoms with van der Waals surface area (Å²) in [5.41, 5.74) is -0.0892. The van der Waals surface area contributed by atoms with Crippen molar-refractivity contribution in [2.45, 2.75) is 44.7 Å². The van der Waals surface area contributed by atoms with E-state index in [1.807, 2.05) is 11.8 Å². The van der Waals surface area contributed by atoms with Crippen molar-refractivity contribution >= 4 is 23.2 Å². The Morgan fingerprint density at radius 1 is 1.19 bits per heavy atom. The molecular formula is C21H22ClF3N6O. The highest BCUT2D eigenvalue weighted by molar-refractivity contribution is 6.31. The molecule has 1 aliphatic carbocycles. The predicted octanol–water partition coefficient (Wildman–Crippen LogP) is 4.54. The topological polar surface area (TPSA) is 68.4 Å². The van der Waals surface area contributed by atoms with Crippen LogP contribution in [-0.2, 0) is 12.6 Å². The minimum Gasteiger partial charge on any atom is -0.477 e. The molecule has 0 amide bonds. The van der Waals surface area contributed by atoms with Crippen molar-refractivity contribution in [1.82, 2.24) is 24.6 Å². The Bertz CT molecular complexity index is 1150. The van der Waals surface area contributed by atoms with Crippen LogP contribution in [0, 0.1) is 5.92 Å². The number of aromatic nitrogens is 5. The summed E-state index contributed by atoms with van der Waals surface area (Å²) < 4.78 is 47.9. The Labute approximate surface area is 187 Å². The highest BCUT2D eigenvalue weighted by Crippen LogP contribution is 2.38. The predicted molar refractivity (Wildman–Crippen MR) is 112 cm³/mol. The quantitative estimate of drug-likeness (QED) is 0.531. The van der Waals surface area contributed by atoms with Gasteiger partial charge in [0.15, 0.2) is 5.65 Å². The minimum atomic E-state index is -4.49. The molecule has 0 radical (unpaired) electrons. The number of hydrogen-bond acceptors (Lipinski definition) is 6. The Balaban J connectivity index is 1.48. The number of fused-ring (bicyclic) bond motifs is 1. The van der Waals surface area contributed by atoms with Crippen molar-refractivity contribution in [3.05, 3.63) is 40.4 Å². The lowest BCUT2D eigenvalue weighted by Crippen LogP contribution is -2.22. The number of alkyl halides is 3. The van der Waals surface area contributed by atoms with Gasteiger partial charge in [-0.2, -0.15) is 18.2 Å². The molecule has 3 aromatic heterocycles. The zero-order valence-corrected chi connectivity index (χ0v) is 18.2. The highest BCUT2D eigenvalue weighted by atomic mass is 35.5. The van der Waals surface area contributed by atoms with Crippen LogP contribution in [0.3, 0.4) is 0 Å². The van der Waals surface area contributed by atoms with Crippen molar-refractivity contribution in [2.75, 3.05) is 24.6 Å². The van der Waals surface area contributed by atoms with Gasteiger partial charge in [0.1, 0.15) is 16.4 Å². The average Bonchev–Trinajstić information content (AvgIpc) is 3.26. The van der Waals surface area contributed by atoms with E-state index in [2.05, 4.69) is 20.2 Å². The summed E-state index contributed by atoms with van der Waals surface area (Å²) >= 11 is 6.10. The van der Waals surface area contributed by atoms with E-state index >= 15 is 0 Å². The van der Waals surface area contributed by atoms with Crippen molar-refractivity contribution < 1.29 is 17.9 Å². The molecule has 1 saturated heterocycles. The van der Waals surface area contributed by atoms with Crippen molar-refractivity contribution in [1.29, 1.82) is 0 Å². The molecule has 2 aliphatic rings. The van der Waals surface area contributed by atoms with Gasteiger partial charge in [-0.3, -0.25) is 4.40 Å². The third-order valence-electron chi connectivity index (χ3n) is 5.99. The van der Waals surface area contributed by atoms with Gasteiger partial charge in [-0.1, -0.05) is 11.6 Å². The van der Waals surface area contributed by atoms with Crippen LogP contribution in [0.15, 0.2) is 18.3 Å². The van der Waals surface area contributed by atoms with Crippen LogP contribution < -0.4 is 9.64 Å². The molecule has 5 rings (SSSR count). The summed E-state index contributed by atoms with van der Waals surface area (Å²) in [6.45, 7) is 3.51. The summed E-state index contributed by atoms with van der Waals surface area (Å²) in [5.74, 6) is 1.88. The third-order valence-corrected chi connectivity index (χ3v) is 6.25. The zero-order chi connectivity index (χ0) is 22.5. The summed E-state index contributed by atoms with van der Waals surface area (Å²) in [6, 6.07) is 2.69. The molecular weight excluding hydrogens is 445 g/mol. The summed E-state index contributed by atoms with van der Waals surface area (Å²) in [7, 11) is 0. The summed E-state index contributed by atoms with van der Waals surface area (Å²) in [5, 5.41) is 8.42. The molecule has 4 heterocycles. The lowest BCUT2D eigenvalue weighted by molar-refractivity contribution is -0.136. The van der Waals surface area contributed by atoms with Gasteiger partial charge in [0.25, 0.3) is 0 Å². The molecule has 0 bridgehead atoms. The zero-order valence-electron chi connectivity index (χ0n) is 17.4. The van der Waals surface area contributed by atoms with Crippen LogP contribution in [-0.4, -0.2) is 44.3 Å². The molecule has 1 atom stereocenters. The molecule has 0 N–H and O–H groups in total. The fourth-order valence-corrected chi connectivity index (χ4v) is 4.39. The van der Waals surface area contributed by atoms with Crippen LogP contribution >= 0.6 is 11.6 Å². The molecule has 7 nitrogen and oxygen atoms in total. The number of ether oxygens (including phenoxy) is 1. The lowest BCUT2D eigenvalue weighted by Gasteiger charge is -2.19. The van der Waals surface area contributed by atoms with Crippen molar-refractivity contribution in [3.8, 4) is 5.88 Å². The number of anilines is 1. The van der Waals surface area contributed by atoms with Gasteiger partial charge < -0.3 is 9.64 Å². The number of hydrogen-bond donors (Lipinski definition) is 0. The molecule has 170 valence electrons. The largest absolute Gasteiger partial charge is 0.477 e. The second kappa shape index (κ2) is 8.06. The van der Waals surface area contributed by atoms with Crippen LogP contribution in [0.5, 0.6) is 5.88 Å². The van der Waals surface area contributed by atoms with Gasteiger partial charge in [0, 0.05) is 31.1 Å². The maximum Gasteiger partial charge on any atom is 0.420 e. The summed E-state index contributed by atoms with van der Waals surface area (Å²) in [4.78, 5) is 10.7. The number of nitrogens with zero attached hydrogens (tertiary/aromatic N) is 6. The highest BCUT2D eigenvalue weighted by Gasteiger charge is 2.37. The first-order chi connectivity index (χ1) is 15.3. The number of pyridine rings is 1. The fraction of sp³-hybridized carbons (Fsp3) is 0.524. The van der Waals surface area contributed by atoms with Crippen molar-refractivity contribution in [2.24, 2.45) is 5.92 Å². The molecule has 0 spiro atoms. The Morgan fingerprint density at radius 3 is 2.72 bits per heavy atom. The standard InChI is InChI=1S/C21H22ClF3N6O/c1-2-32-19-15(22)10-26-20(27-19)30-8-7-13(11-30)16-6-5-14(21(23,24)25)18-29-28-17(31(16)18)9-12-3-4-12/h5-6,10,12-13H,2-4,7-9,11H2,1H3/t13-/m1/s1. The normalized spacial score (nSPS) is 19.2. The van der Waals surface area contributed by atoms with E-state index in [1.165, 1.54) is 6.20 Å². The number of halogens is 4. The van der Waals surface area contributed by atoms with E-state index in [-0.39, 0.29) is 11.6 Å². The van der Waals surface area contributed by atoms with Crippen LogP contribution in [0.1, 0.15) is 49.2 Å². The molecule has 32 heavy (non-hydrogen) atoms. The maximum atomic E-state index is 13.6. The lowest BCUT2D eigenvalue weighted by atomic mass is 10.0. The third kappa shape index (κ3) is 3.96. The van der Waals surface area contributed by atoms with Crippen molar-refractivity contribution in [3.63, 3.8) is 0 Å². The van der Waals surface area contributed by atoms with E-state index in [0.717, 1.165) is 31.0 Å². The van der Waals surface area contributed by atoms with E-state index in [1.54, 1.807) is 10.5 Å². The van der Waals surface area contributed by atoms with Gasteiger partial charge in [0.05, 0.1) is 12.8 Å². The molecule has 1 saturated carbocycles. The van der Waals surface area contributed by atoms with E-state index in [9.17, 15) is 13.2 Å². The fourth-order valence-electron chi connectivity index (χ4n) is 4.25. The monoisotopic (exact) mass is 466 g/mol. The van der Waals surface area contributed by atoms with Crippen LogP contribution in [0.4, 0.5) is 19.1 Å². The SMILES string of the molecule is CCOc1nc(N2CC[C@@H](c3ccc(C(F)(F)F)c4nnc(CC5CC5)n34)C2)ncc1Cl. The second-order valence-corrected chi connectivity index (χ2v) is 8.69.